The first-order valence-corrected chi connectivity index (χ1v) is 12.0. The summed E-state index contributed by atoms with van der Waals surface area (Å²) in [7, 11) is 0. The second kappa shape index (κ2) is 9.92. The summed E-state index contributed by atoms with van der Waals surface area (Å²) in [6, 6.07) is 15.3. The van der Waals surface area contributed by atoms with E-state index in [0.29, 0.717) is 30.1 Å². The van der Waals surface area contributed by atoms with Gasteiger partial charge in [0.25, 0.3) is 0 Å². The van der Waals surface area contributed by atoms with Gasteiger partial charge < -0.3 is 20.9 Å². The first kappa shape index (κ1) is 24.5. The van der Waals surface area contributed by atoms with E-state index in [9.17, 15) is 9.90 Å². The van der Waals surface area contributed by atoms with Gasteiger partial charge in [0.05, 0.1) is 11.2 Å². The van der Waals surface area contributed by atoms with Crippen molar-refractivity contribution in [3.05, 3.63) is 65.4 Å². The van der Waals surface area contributed by atoms with Gasteiger partial charge >= 0.3 is 6.09 Å². The van der Waals surface area contributed by atoms with Crippen molar-refractivity contribution in [2.75, 3.05) is 5.73 Å². The fraction of sp³-hybridized carbons (Fsp3) is 0.370. The van der Waals surface area contributed by atoms with Crippen LogP contribution in [-0.4, -0.2) is 31.6 Å². The van der Waals surface area contributed by atoms with Crippen LogP contribution in [0.3, 0.4) is 0 Å². The molecule has 0 fully saturated rings. The minimum atomic E-state index is -0.907. The Labute approximate surface area is 205 Å². The lowest BCUT2D eigenvalue weighted by Crippen LogP contribution is -2.32. The minimum absolute atomic E-state index is 0.329. The topological polar surface area (TPSA) is 115 Å². The van der Waals surface area contributed by atoms with Crippen LogP contribution in [0.5, 0.6) is 0 Å². The zero-order chi connectivity index (χ0) is 25.2. The number of ether oxygens (including phenoxy) is 1. The standard InChI is InChI=1S/C27H33N5O3/c1-5-6-15-32-23(21-19-9-7-8-10-20(19)30-25(28)22(21)31-32)24(33)18-13-11-17(12-14-18)16-29-26(34)35-27(2,3)4/h7-14,24,33H,5-6,15-16H2,1-4H3,(H2,28,30)(H,29,34). The van der Waals surface area contributed by atoms with Crippen LogP contribution in [0.4, 0.5) is 10.6 Å². The molecule has 0 saturated carbocycles. The second-order valence-corrected chi connectivity index (χ2v) is 9.70. The third kappa shape index (κ3) is 5.38. The fourth-order valence-corrected chi connectivity index (χ4v) is 4.11. The molecular formula is C27H33N5O3. The number of unbranched alkanes of at least 4 members (excludes halogenated alkanes) is 1. The Morgan fingerprint density at radius 3 is 2.57 bits per heavy atom. The second-order valence-electron chi connectivity index (χ2n) is 9.70. The summed E-state index contributed by atoms with van der Waals surface area (Å²) in [6.07, 6.45) is 0.550. The number of aromatic nitrogens is 3. The van der Waals surface area contributed by atoms with E-state index in [1.54, 1.807) is 0 Å². The molecule has 1 amide bonds. The van der Waals surface area contributed by atoms with Gasteiger partial charge in [-0.2, -0.15) is 5.10 Å². The Morgan fingerprint density at radius 1 is 1.17 bits per heavy atom. The van der Waals surface area contributed by atoms with E-state index in [4.69, 9.17) is 15.6 Å². The fourth-order valence-electron chi connectivity index (χ4n) is 4.11. The molecule has 0 aliphatic carbocycles. The number of para-hydroxylation sites is 1. The number of carbonyl (C=O) groups is 1. The Bertz CT molecular complexity index is 1340. The Balaban J connectivity index is 1.67. The smallest absolute Gasteiger partial charge is 0.407 e. The van der Waals surface area contributed by atoms with Crippen LogP contribution in [0.2, 0.25) is 0 Å². The van der Waals surface area contributed by atoms with Crippen LogP contribution >= 0.6 is 0 Å². The Kier molecular flexibility index (Phi) is 6.93. The number of hydrogen-bond donors (Lipinski definition) is 3. The van der Waals surface area contributed by atoms with E-state index in [1.165, 1.54) is 0 Å². The van der Waals surface area contributed by atoms with Crippen molar-refractivity contribution < 1.29 is 14.6 Å². The molecule has 1 unspecified atom stereocenters. The lowest BCUT2D eigenvalue weighted by Gasteiger charge is -2.19. The van der Waals surface area contributed by atoms with E-state index in [1.807, 2.05) is 74.0 Å². The predicted molar refractivity (Wildman–Crippen MR) is 138 cm³/mol. The molecule has 4 rings (SSSR count). The molecule has 2 aromatic carbocycles. The van der Waals surface area contributed by atoms with Gasteiger partial charge in [-0.25, -0.2) is 9.78 Å². The highest BCUT2D eigenvalue weighted by molar-refractivity contribution is 6.09. The molecule has 2 heterocycles. The van der Waals surface area contributed by atoms with Crippen LogP contribution < -0.4 is 11.1 Å². The van der Waals surface area contributed by atoms with Gasteiger partial charge in [-0.3, -0.25) is 4.68 Å². The summed E-state index contributed by atoms with van der Waals surface area (Å²) >= 11 is 0. The van der Waals surface area contributed by atoms with Crippen molar-refractivity contribution in [3.63, 3.8) is 0 Å². The van der Waals surface area contributed by atoms with E-state index < -0.39 is 17.8 Å². The molecule has 0 saturated heterocycles. The number of nitrogens with two attached hydrogens (primary N) is 1. The number of anilines is 1. The third-order valence-corrected chi connectivity index (χ3v) is 5.76. The highest BCUT2D eigenvalue weighted by Gasteiger charge is 2.24. The Morgan fingerprint density at radius 2 is 1.89 bits per heavy atom. The SMILES string of the molecule is CCCCn1nc2c(N)nc3ccccc3c2c1C(O)c1ccc(CNC(=O)OC(C)(C)C)cc1. The summed E-state index contributed by atoms with van der Waals surface area (Å²) in [5, 5.41) is 20.8. The number of nitrogen functional groups attached to an aromatic ring is 1. The molecule has 0 bridgehead atoms. The number of alkyl carbamates (subject to hydrolysis) is 1. The van der Waals surface area contributed by atoms with Gasteiger partial charge in [0.2, 0.25) is 0 Å². The molecule has 184 valence electrons. The number of nitrogens with one attached hydrogen (secondary N) is 1. The molecule has 1 atom stereocenters. The quantitative estimate of drug-likeness (QED) is 0.344. The number of pyridine rings is 1. The van der Waals surface area contributed by atoms with Gasteiger partial charge in [-0.1, -0.05) is 55.8 Å². The molecule has 0 radical (unpaired) electrons. The number of fused-ring (bicyclic) bond motifs is 3. The molecule has 4 aromatic rings. The monoisotopic (exact) mass is 475 g/mol. The predicted octanol–water partition coefficient (Wildman–Crippen LogP) is 5.07. The van der Waals surface area contributed by atoms with E-state index in [-0.39, 0.29) is 0 Å². The number of hydrogen-bond acceptors (Lipinski definition) is 6. The van der Waals surface area contributed by atoms with Crippen LogP contribution in [0.1, 0.15) is 63.5 Å². The number of carbonyl (C=O) groups excluding carboxylic acids is 1. The molecule has 0 aliphatic rings. The van der Waals surface area contributed by atoms with Crippen LogP contribution in [0.15, 0.2) is 48.5 Å². The molecule has 8 nitrogen and oxygen atoms in total. The molecule has 8 heteroatoms. The summed E-state index contributed by atoms with van der Waals surface area (Å²) in [5.74, 6) is 0.353. The average molecular weight is 476 g/mol. The van der Waals surface area contributed by atoms with E-state index in [0.717, 1.165) is 40.3 Å². The molecule has 0 aliphatic heterocycles. The molecule has 35 heavy (non-hydrogen) atoms. The third-order valence-electron chi connectivity index (χ3n) is 5.76. The lowest BCUT2D eigenvalue weighted by molar-refractivity contribution is 0.0523. The van der Waals surface area contributed by atoms with Crippen LogP contribution in [0.25, 0.3) is 21.8 Å². The van der Waals surface area contributed by atoms with Crippen LogP contribution in [-0.2, 0) is 17.8 Å². The largest absolute Gasteiger partial charge is 0.444 e. The first-order valence-electron chi connectivity index (χ1n) is 12.0. The Hall–Kier alpha value is -3.65. The lowest BCUT2D eigenvalue weighted by atomic mass is 10.00. The first-order chi connectivity index (χ1) is 16.7. The van der Waals surface area contributed by atoms with E-state index >= 15 is 0 Å². The number of aryl methyl sites for hydroxylation is 1. The number of rotatable bonds is 7. The van der Waals surface area contributed by atoms with Gasteiger partial charge in [0.15, 0.2) is 5.82 Å². The van der Waals surface area contributed by atoms with E-state index in [2.05, 4.69) is 17.2 Å². The summed E-state index contributed by atoms with van der Waals surface area (Å²) in [5.41, 5.74) is 9.43. The van der Waals surface area contributed by atoms with Gasteiger partial charge in [-0.05, 0) is 44.4 Å². The molecule has 2 aromatic heterocycles. The number of aliphatic hydroxyl groups is 1. The zero-order valence-electron chi connectivity index (χ0n) is 20.7. The van der Waals surface area contributed by atoms with Crippen molar-refractivity contribution in [1.29, 1.82) is 0 Å². The van der Waals surface area contributed by atoms with Crippen molar-refractivity contribution in [2.24, 2.45) is 0 Å². The van der Waals surface area contributed by atoms with Gasteiger partial charge in [0, 0.05) is 23.9 Å². The maximum absolute atomic E-state index is 11.9. The number of nitrogens with zero attached hydrogens (tertiary/aromatic N) is 3. The summed E-state index contributed by atoms with van der Waals surface area (Å²) in [4.78, 5) is 16.5. The van der Waals surface area contributed by atoms with Crippen molar-refractivity contribution >= 4 is 33.7 Å². The minimum Gasteiger partial charge on any atom is -0.444 e. The van der Waals surface area contributed by atoms with Crippen molar-refractivity contribution in [3.8, 4) is 0 Å². The maximum Gasteiger partial charge on any atom is 0.407 e. The van der Waals surface area contributed by atoms with Crippen LogP contribution in [0, 0.1) is 0 Å². The van der Waals surface area contributed by atoms with Crippen molar-refractivity contribution in [1.82, 2.24) is 20.1 Å². The number of benzene rings is 2. The molecule has 0 spiro atoms. The average Bonchev–Trinajstić information content (AvgIpc) is 3.20. The summed E-state index contributed by atoms with van der Waals surface area (Å²) in [6.45, 7) is 8.59. The highest BCUT2D eigenvalue weighted by atomic mass is 16.6. The summed E-state index contributed by atoms with van der Waals surface area (Å²) < 4.78 is 7.15. The highest BCUT2D eigenvalue weighted by Crippen LogP contribution is 2.36. The number of aliphatic hydroxyl groups excluding tert-OH is 1. The van der Waals surface area contributed by atoms with Gasteiger partial charge in [-0.15, -0.1) is 0 Å². The normalized spacial score (nSPS) is 12.7. The molecular weight excluding hydrogens is 442 g/mol. The maximum atomic E-state index is 11.9. The van der Waals surface area contributed by atoms with Crippen molar-refractivity contribution in [2.45, 2.75) is 65.3 Å². The van der Waals surface area contributed by atoms with Gasteiger partial charge in [0.1, 0.15) is 17.2 Å². The zero-order valence-corrected chi connectivity index (χ0v) is 20.7. The number of amides is 1. The molecule has 4 N–H and O–H groups in total.